The summed E-state index contributed by atoms with van der Waals surface area (Å²) in [6.45, 7) is 0.913. The van der Waals surface area contributed by atoms with Gasteiger partial charge < -0.3 is 29.0 Å². The number of methoxy groups -OCH3 is 1. The van der Waals surface area contributed by atoms with Crippen LogP contribution in [0.2, 0.25) is 0 Å². The minimum absolute atomic E-state index is 0.00187. The zero-order valence-corrected chi connectivity index (χ0v) is 22.2. The summed E-state index contributed by atoms with van der Waals surface area (Å²) in [7, 11) is 3.81. The van der Waals surface area contributed by atoms with Crippen molar-refractivity contribution >= 4 is 11.9 Å². The van der Waals surface area contributed by atoms with Gasteiger partial charge in [-0.15, -0.1) is 0 Å². The van der Waals surface area contributed by atoms with E-state index in [1.165, 1.54) is 29.3 Å². The molecule has 2 bridgehead atoms. The molecule has 1 saturated heterocycles. The molecule has 1 N–H and O–H groups in total. The maximum atomic E-state index is 13.6. The van der Waals surface area contributed by atoms with Gasteiger partial charge in [0.05, 0.1) is 7.11 Å². The Labute approximate surface area is 231 Å². The second-order valence-corrected chi connectivity index (χ2v) is 10.9. The van der Waals surface area contributed by atoms with Gasteiger partial charge in [-0.2, -0.15) is 0 Å². The number of benzene rings is 3. The third kappa shape index (κ3) is 3.48. The molecule has 1 spiro atoms. The van der Waals surface area contributed by atoms with Crippen molar-refractivity contribution in [1.29, 1.82) is 0 Å². The first kappa shape index (κ1) is 24.7. The monoisotopic (exact) mass is 539 g/mol. The molecular formula is C32H29NO7. The number of carbonyl (C=O) groups is 2. The molecule has 0 radical (unpaired) electrons. The number of rotatable bonds is 5. The van der Waals surface area contributed by atoms with Gasteiger partial charge in [-0.3, -0.25) is 0 Å². The summed E-state index contributed by atoms with van der Waals surface area (Å²) in [5, 5.41) is 10.1. The Bertz CT molecular complexity index is 1560. The molecule has 0 aromatic heterocycles. The van der Waals surface area contributed by atoms with E-state index >= 15 is 0 Å². The number of esters is 2. The number of phenolic OH excluding ortho intramolecular Hbond substituents is 1. The number of piperidine rings is 1. The van der Waals surface area contributed by atoms with Crippen LogP contribution in [-0.4, -0.2) is 60.9 Å². The number of likely N-dealkylation sites (tertiary alicyclic amines) is 1. The summed E-state index contributed by atoms with van der Waals surface area (Å²) < 4.78 is 24.0. The average Bonchev–Trinajstić information content (AvgIpc) is 3.31. The normalized spacial score (nSPS) is 27.4. The summed E-state index contributed by atoms with van der Waals surface area (Å²) in [6, 6.07) is 17.0. The fourth-order valence-corrected chi connectivity index (χ4v) is 7.18. The fourth-order valence-electron chi connectivity index (χ4n) is 7.18. The summed E-state index contributed by atoms with van der Waals surface area (Å²) >= 11 is 0. The number of likely N-dealkylation sites (N-methyl/N-ethyl adjacent to an activating group) is 1. The molecule has 8 heteroatoms. The van der Waals surface area contributed by atoms with Crippen molar-refractivity contribution in [1.82, 2.24) is 4.90 Å². The van der Waals surface area contributed by atoms with Crippen LogP contribution in [0.1, 0.15) is 38.3 Å². The van der Waals surface area contributed by atoms with Gasteiger partial charge in [-0.1, -0.05) is 36.4 Å². The smallest absolute Gasteiger partial charge is 0.347 e. The van der Waals surface area contributed by atoms with Crippen LogP contribution in [0.15, 0.2) is 72.8 Å². The van der Waals surface area contributed by atoms with Gasteiger partial charge in [-0.05, 0) is 68.4 Å². The van der Waals surface area contributed by atoms with Gasteiger partial charge >= 0.3 is 11.9 Å². The summed E-state index contributed by atoms with van der Waals surface area (Å²) in [5.74, 6) is 0.103. The van der Waals surface area contributed by atoms with Crippen LogP contribution in [0.25, 0.3) is 0 Å². The zero-order chi connectivity index (χ0) is 27.6. The van der Waals surface area contributed by atoms with Gasteiger partial charge in [0.25, 0.3) is 0 Å². The molecule has 8 nitrogen and oxygen atoms in total. The van der Waals surface area contributed by atoms with Crippen LogP contribution in [-0.2, 0) is 16.6 Å². The van der Waals surface area contributed by atoms with Crippen LogP contribution < -0.4 is 14.2 Å². The van der Waals surface area contributed by atoms with Gasteiger partial charge in [0, 0.05) is 22.9 Å². The van der Waals surface area contributed by atoms with Crippen LogP contribution >= 0.6 is 0 Å². The van der Waals surface area contributed by atoms with E-state index < -0.39 is 24.1 Å². The van der Waals surface area contributed by atoms with E-state index in [0.29, 0.717) is 11.8 Å². The standard InChI is InChI=1S/C32H29NO7/c1-33-16-15-32-21-12-14-26(29(32)40-28-25(37-2)13-11-18(27(28)32)17-22(21)33)39-31(36)20-8-4-6-10-24(20)38-30(35)19-7-3-5-9-23(19)34/h3-14,21-22,26,29,34H,15-17H2,1-2H3/t21-,22+,26-,29-,32-/m0/s1. The van der Waals surface area contributed by atoms with Crippen molar-refractivity contribution in [2.45, 2.75) is 36.5 Å². The van der Waals surface area contributed by atoms with E-state index in [9.17, 15) is 14.7 Å². The second-order valence-electron chi connectivity index (χ2n) is 10.9. The quantitative estimate of drug-likeness (QED) is 0.292. The minimum atomic E-state index is -0.772. The lowest BCUT2D eigenvalue weighted by molar-refractivity contribution is -0.0556. The number of aromatic hydroxyl groups is 1. The molecule has 0 saturated carbocycles. The van der Waals surface area contributed by atoms with Crippen molar-refractivity contribution in [3.05, 3.63) is 95.1 Å². The Balaban J connectivity index is 1.21. The van der Waals surface area contributed by atoms with Crippen molar-refractivity contribution < 1.29 is 33.6 Å². The third-order valence-electron chi connectivity index (χ3n) is 9.01. The van der Waals surface area contributed by atoms with Gasteiger partial charge in [-0.25, -0.2) is 9.59 Å². The first-order valence-electron chi connectivity index (χ1n) is 13.5. The van der Waals surface area contributed by atoms with E-state index in [1.54, 1.807) is 37.4 Å². The van der Waals surface area contributed by atoms with E-state index in [4.69, 9.17) is 18.9 Å². The Kier molecular flexibility index (Phi) is 5.64. The van der Waals surface area contributed by atoms with Crippen molar-refractivity contribution in [3.63, 3.8) is 0 Å². The lowest BCUT2D eigenvalue weighted by Gasteiger charge is -2.56. The van der Waals surface area contributed by atoms with Crippen molar-refractivity contribution in [2.24, 2.45) is 5.92 Å². The molecule has 3 aromatic carbocycles. The van der Waals surface area contributed by atoms with Crippen LogP contribution in [0.4, 0.5) is 0 Å². The molecule has 7 rings (SSSR count). The number of hydrogen-bond donors (Lipinski definition) is 1. The topological polar surface area (TPSA) is 94.5 Å². The first-order valence-corrected chi connectivity index (χ1v) is 13.5. The number of para-hydroxylation sites is 2. The van der Waals surface area contributed by atoms with Gasteiger partial charge in [0.2, 0.25) is 0 Å². The van der Waals surface area contributed by atoms with Crippen LogP contribution in [0.5, 0.6) is 23.0 Å². The molecule has 40 heavy (non-hydrogen) atoms. The molecule has 0 amide bonds. The van der Waals surface area contributed by atoms with Crippen molar-refractivity contribution in [2.75, 3.05) is 20.7 Å². The van der Waals surface area contributed by atoms with Gasteiger partial charge in [0.1, 0.15) is 28.7 Å². The maximum Gasteiger partial charge on any atom is 0.347 e. The average molecular weight is 540 g/mol. The summed E-state index contributed by atoms with van der Waals surface area (Å²) in [6.07, 6.45) is 4.87. The lowest BCUT2D eigenvalue weighted by Crippen LogP contribution is -2.65. The molecular weight excluding hydrogens is 510 g/mol. The van der Waals surface area contributed by atoms with E-state index in [1.807, 2.05) is 12.1 Å². The number of carbonyl (C=O) groups excluding carboxylic acids is 2. The highest BCUT2D eigenvalue weighted by molar-refractivity contribution is 5.97. The highest BCUT2D eigenvalue weighted by Gasteiger charge is 2.65. The molecule has 2 aliphatic heterocycles. The minimum Gasteiger partial charge on any atom is -0.507 e. The zero-order valence-electron chi connectivity index (χ0n) is 22.2. The lowest BCUT2D eigenvalue weighted by atomic mass is 9.53. The molecule has 0 unspecified atom stereocenters. The molecule has 1 fully saturated rings. The molecule has 5 atom stereocenters. The fraction of sp³-hybridized carbons (Fsp3) is 0.312. The predicted molar refractivity (Wildman–Crippen MR) is 145 cm³/mol. The Morgan fingerprint density at radius 2 is 1.75 bits per heavy atom. The Morgan fingerprint density at radius 3 is 2.55 bits per heavy atom. The van der Waals surface area contributed by atoms with Crippen LogP contribution in [0.3, 0.4) is 0 Å². The molecule has 2 heterocycles. The third-order valence-corrected chi connectivity index (χ3v) is 9.01. The highest BCUT2D eigenvalue weighted by Crippen LogP contribution is 2.62. The molecule has 204 valence electrons. The number of hydrogen-bond acceptors (Lipinski definition) is 8. The molecule has 3 aromatic rings. The maximum absolute atomic E-state index is 13.6. The van der Waals surface area contributed by atoms with E-state index in [0.717, 1.165) is 25.1 Å². The van der Waals surface area contributed by atoms with E-state index in [2.05, 4.69) is 24.1 Å². The van der Waals surface area contributed by atoms with Crippen LogP contribution in [0, 0.1) is 5.92 Å². The number of nitrogens with zero attached hydrogens (tertiary/aromatic N) is 1. The summed E-state index contributed by atoms with van der Waals surface area (Å²) in [5.41, 5.74) is 2.23. The molecule has 2 aliphatic carbocycles. The van der Waals surface area contributed by atoms with Crippen molar-refractivity contribution in [3.8, 4) is 23.0 Å². The van der Waals surface area contributed by atoms with E-state index in [-0.39, 0.29) is 34.0 Å². The Morgan fingerprint density at radius 1 is 0.975 bits per heavy atom. The highest BCUT2D eigenvalue weighted by atomic mass is 16.6. The second kappa shape index (κ2) is 9.13. The first-order chi connectivity index (χ1) is 19.4. The SMILES string of the molecule is COc1ccc2c3c1O[C@H]1[C@@H](OC(=O)c4ccccc4OC(=O)c4ccccc4O)C=C[C@H]4[C@@H](C2)N(C)CC[C@@]341. The largest absolute Gasteiger partial charge is 0.507 e. The molecule has 4 aliphatic rings. The number of ether oxygens (including phenoxy) is 4. The van der Waals surface area contributed by atoms with Gasteiger partial charge in [0.15, 0.2) is 17.6 Å². The predicted octanol–water partition coefficient (Wildman–Crippen LogP) is 4.29. The summed E-state index contributed by atoms with van der Waals surface area (Å²) in [4.78, 5) is 28.8. The number of phenols is 1. The Hall–Kier alpha value is -4.30.